The van der Waals surface area contributed by atoms with Crippen LogP contribution in [-0.2, 0) is 26.2 Å². The summed E-state index contributed by atoms with van der Waals surface area (Å²) in [7, 11) is -3.80. The minimum Gasteiger partial charge on any atom is -0.354 e. The Kier molecular flexibility index (Phi) is 10.0. The first-order chi connectivity index (χ1) is 15.5. The molecular formula is C22H26BrCl2N3O4S. The number of nitrogens with one attached hydrogen (secondary N) is 1. The number of carbonyl (C=O) groups is 2. The van der Waals surface area contributed by atoms with E-state index >= 15 is 0 Å². The summed E-state index contributed by atoms with van der Waals surface area (Å²) in [5, 5.41) is 3.46. The zero-order valence-corrected chi connectivity index (χ0v) is 22.4. The quantitative estimate of drug-likeness (QED) is 0.451. The summed E-state index contributed by atoms with van der Waals surface area (Å²) < 4.78 is 26.6. The highest BCUT2D eigenvalue weighted by molar-refractivity contribution is 9.10. The van der Waals surface area contributed by atoms with Crippen molar-refractivity contribution in [2.45, 2.75) is 32.9 Å². The number of sulfonamides is 1. The second kappa shape index (κ2) is 12.1. The average molecular weight is 579 g/mol. The molecule has 0 saturated heterocycles. The van der Waals surface area contributed by atoms with Gasteiger partial charge in [0.15, 0.2) is 0 Å². The van der Waals surface area contributed by atoms with Crippen molar-refractivity contribution >= 4 is 66.7 Å². The maximum atomic E-state index is 13.4. The van der Waals surface area contributed by atoms with Crippen molar-refractivity contribution < 1.29 is 18.0 Å². The van der Waals surface area contributed by atoms with E-state index in [1.54, 1.807) is 49.4 Å². The third kappa shape index (κ3) is 7.60. The molecule has 7 nitrogen and oxygen atoms in total. The second-order valence-electron chi connectivity index (χ2n) is 7.46. The van der Waals surface area contributed by atoms with Gasteiger partial charge in [0.1, 0.15) is 12.6 Å². The normalized spacial score (nSPS) is 12.2. The first-order valence-electron chi connectivity index (χ1n) is 10.2. The Morgan fingerprint density at radius 1 is 1.12 bits per heavy atom. The standard InChI is InChI=1S/C22H26BrCl2N3O4S/c1-4-11-26-22(30)15(2)27(13-16-9-10-18(24)19(25)12-16)21(29)14-28(33(3,31)32)20-8-6-5-7-17(20)23/h5-10,12,15H,4,11,13-14H2,1-3H3,(H,26,30). The molecule has 2 rings (SSSR count). The molecule has 180 valence electrons. The second-order valence-corrected chi connectivity index (χ2v) is 11.0. The Morgan fingerprint density at radius 2 is 1.79 bits per heavy atom. The molecule has 0 aromatic heterocycles. The van der Waals surface area contributed by atoms with E-state index in [4.69, 9.17) is 23.2 Å². The highest BCUT2D eigenvalue weighted by Gasteiger charge is 2.30. The molecular weight excluding hydrogens is 553 g/mol. The maximum absolute atomic E-state index is 13.4. The number of anilines is 1. The van der Waals surface area contributed by atoms with Crippen molar-refractivity contribution in [2.24, 2.45) is 0 Å². The maximum Gasteiger partial charge on any atom is 0.244 e. The number of carbonyl (C=O) groups excluding carboxylic acids is 2. The van der Waals surface area contributed by atoms with Gasteiger partial charge in [-0.15, -0.1) is 0 Å². The Balaban J connectivity index is 2.40. The molecule has 0 radical (unpaired) electrons. The molecule has 0 aliphatic carbocycles. The van der Waals surface area contributed by atoms with E-state index in [0.29, 0.717) is 32.3 Å². The summed E-state index contributed by atoms with van der Waals surface area (Å²) in [6.07, 6.45) is 1.77. The van der Waals surface area contributed by atoms with Crippen molar-refractivity contribution in [2.75, 3.05) is 23.7 Å². The number of hydrogen-bond donors (Lipinski definition) is 1. The number of para-hydroxylation sites is 1. The number of halogens is 3. The van der Waals surface area contributed by atoms with E-state index in [0.717, 1.165) is 17.0 Å². The molecule has 1 atom stereocenters. The van der Waals surface area contributed by atoms with Crippen LogP contribution in [0.3, 0.4) is 0 Å². The molecule has 0 fully saturated rings. The fourth-order valence-corrected chi connectivity index (χ4v) is 4.86. The molecule has 2 aromatic rings. The van der Waals surface area contributed by atoms with E-state index < -0.39 is 28.5 Å². The Labute approximate surface area is 213 Å². The molecule has 0 spiro atoms. The first kappa shape index (κ1) is 27.4. The van der Waals surface area contributed by atoms with Gasteiger partial charge in [-0.1, -0.05) is 48.3 Å². The largest absolute Gasteiger partial charge is 0.354 e. The van der Waals surface area contributed by atoms with Gasteiger partial charge < -0.3 is 10.2 Å². The minimum absolute atomic E-state index is 0.0456. The van der Waals surface area contributed by atoms with E-state index in [9.17, 15) is 18.0 Å². The lowest BCUT2D eigenvalue weighted by atomic mass is 10.1. The molecule has 1 N–H and O–H groups in total. The summed E-state index contributed by atoms with van der Waals surface area (Å²) in [5.74, 6) is -0.876. The van der Waals surface area contributed by atoms with E-state index in [1.165, 1.54) is 4.90 Å². The Hall–Kier alpha value is -1.81. The van der Waals surface area contributed by atoms with E-state index in [2.05, 4.69) is 21.2 Å². The number of hydrogen-bond acceptors (Lipinski definition) is 4. The topological polar surface area (TPSA) is 86.8 Å². The zero-order valence-electron chi connectivity index (χ0n) is 18.5. The summed E-state index contributed by atoms with van der Waals surface area (Å²) >= 11 is 15.5. The Morgan fingerprint density at radius 3 is 2.36 bits per heavy atom. The lowest BCUT2D eigenvalue weighted by Crippen LogP contribution is -2.51. The molecule has 11 heteroatoms. The van der Waals surface area contributed by atoms with Gasteiger partial charge in [-0.2, -0.15) is 0 Å². The smallest absolute Gasteiger partial charge is 0.244 e. The van der Waals surface area contributed by atoms with Crippen LogP contribution >= 0.6 is 39.1 Å². The number of amides is 2. The van der Waals surface area contributed by atoms with Crippen LogP contribution < -0.4 is 9.62 Å². The number of benzene rings is 2. The highest BCUT2D eigenvalue weighted by atomic mass is 79.9. The highest BCUT2D eigenvalue weighted by Crippen LogP contribution is 2.28. The summed E-state index contributed by atoms with van der Waals surface area (Å²) in [4.78, 5) is 27.4. The fourth-order valence-electron chi connectivity index (χ4n) is 3.06. The molecule has 0 aliphatic heterocycles. The summed E-state index contributed by atoms with van der Waals surface area (Å²) in [6.45, 7) is 3.55. The monoisotopic (exact) mass is 577 g/mol. The third-order valence-corrected chi connectivity index (χ3v) is 7.39. The molecule has 0 heterocycles. The molecule has 33 heavy (non-hydrogen) atoms. The third-order valence-electron chi connectivity index (χ3n) is 4.85. The SMILES string of the molecule is CCCNC(=O)C(C)N(Cc1ccc(Cl)c(Cl)c1)C(=O)CN(c1ccccc1Br)S(C)(=O)=O. The molecule has 2 amide bonds. The van der Waals surface area contributed by atoms with Gasteiger partial charge in [0, 0.05) is 17.6 Å². The zero-order chi connectivity index (χ0) is 24.8. The Bertz CT molecular complexity index is 1110. The minimum atomic E-state index is -3.80. The summed E-state index contributed by atoms with van der Waals surface area (Å²) in [5.41, 5.74) is 0.977. The predicted molar refractivity (Wildman–Crippen MR) is 136 cm³/mol. The fraction of sp³-hybridized carbons (Fsp3) is 0.364. The van der Waals surface area contributed by atoms with Crippen LogP contribution in [0.1, 0.15) is 25.8 Å². The predicted octanol–water partition coefficient (Wildman–Crippen LogP) is 4.47. The lowest BCUT2D eigenvalue weighted by Gasteiger charge is -2.31. The van der Waals surface area contributed by atoms with Gasteiger partial charge in [-0.25, -0.2) is 8.42 Å². The van der Waals surface area contributed by atoms with Crippen LogP contribution in [0.2, 0.25) is 10.0 Å². The van der Waals surface area contributed by atoms with Crippen molar-refractivity contribution in [3.05, 3.63) is 62.5 Å². The van der Waals surface area contributed by atoms with E-state index in [1.807, 2.05) is 6.92 Å². The van der Waals surface area contributed by atoms with Gasteiger partial charge in [-0.3, -0.25) is 13.9 Å². The van der Waals surface area contributed by atoms with Gasteiger partial charge >= 0.3 is 0 Å². The van der Waals surface area contributed by atoms with Crippen molar-refractivity contribution in [1.29, 1.82) is 0 Å². The van der Waals surface area contributed by atoms with Crippen LogP contribution in [0, 0.1) is 0 Å². The van der Waals surface area contributed by atoms with Crippen molar-refractivity contribution in [3.63, 3.8) is 0 Å². The molecule has 0 saturated carbocycles. The van der Waals surface area contributed by atoms with Crippen molar-refractivity contribution in [1.82, 2.24) is 10.2 Å². The van der Waals surface area contributed by atoms with Crippen LogP contribution in [0.4, 0.5) is 5.69 Å². The summed E-state index contributed by atoms with van der Waals surface area (Å²) in [6, 6.07) is 10.8. The lowest BCUT2D eigenvalue weighted by molar-refractivity contribution is -0.139. The van der Waals surface area contributed by atoms with Gasteiger partial charge in [-0.05, 0) is 59.1 Å². The number of rotatable bonds is 10. The van der Waals surface area contributed by atoms with Crippen LogP contribution in [0.25, 0.3) is 0 Å². The van der Waals surface area contributed by atoms with Gasteiger partial charge in [0.2, 0.25) is 21.8 Å². The van der Waals surface area contributed by atoms with Crippen LogP contribution in [0.5, 0.6) is 0 Å². The van der Waals surface area contributed by atoms with Crippen LogP contribution in [-0.4, -0.2) is 50.5 Å². The first-order valence-corrected chi connectivity index (χ1v) is 13.6. The molecule has 0 bridgehead atoms. The van der Waals surface area contributed by atoms with Gasteiger partial charge in [0.25, 0.3) is 0 Å². The number of nitrogens with zero attached hydrogens (tertiary/aromatic N) is 2. The average Bonchev–Trinajstić information content (AvgIpc) is 2.75. The van der Waals surface area contributed by atoms with E-state index in [-0.39, 0.29) is 12.5 Å². The molecule has 0 aliphatic rings. The molecule has 2 aromatic carbocycles. The molecule has 1 unspecified atom stereocenters. The van der Waals surface area contributed by atoms with Crippen molar-refractivity contribution in [3.8, 4) is 0 Å². The van der Waals surface area contributed by atoms with Gasteiger partial charge in [0.05, 0.1) is 22.0 Å². The van der Waals surface area contributed by atoms with Crippen LogP contribution in [0.15, 0.2) is 46.9 Å².